The predicted octanol–water partition coefficient (Wildman–Crippen LogP) is 0.637. The Kier molecular flexibility index (Phi) is 2.56. The monoisotopic (exact) mass is 162 g/mol. The Morgan fingerprint density at radius 2 is 2.50 bits per heavy atom. The lowest BCUT2D eigenvalue weighted by Crippen LogP contribution is -2.24. The van der Waals surface area contributed by atoms with Crippen LogP contribution in [0.15, 0.2) is 0 Å². The van der Waals surface area contributed by atoms with Crippen molar-refractivity contribution in [2.45, 2.75) is 18.5 Å². The summed E-state index contributed by atoms with van der Waals surface area (Å²) in [6.45, 7) is 1.92. The van der Waals surface area contributed by atoms with Crippen LogP contribution in [0.3, 0.4) is 0 Å². The van der Waals surface area contributed by atoms with Gasteiger partial charge in [0.05, 0.1) is 7.11 Å². The number of methoxy groups -OCH3 is 1. The molecule has 4 heteroatoms. The van der Waals surface area contributed by atoms with Gasteiger partial charge in [0.2, 0.25) is 0 Å². The third kappa shape index (κ3) is 1.64. The molecule has 1 fully saturated rings. The molecule has 10 heavy (non-hydrogen) atoms. The van der Waals surface area contributed by atoms with E-state index in [9.17, 15) is 4.79 Å². The summed E-state index contributed by atoms with van der Waals surface area (Å²) in [5.74, 6) is 0.449. The zero-order valence-electron chi connectivity index (χ0n) is 5.99. The third-order valence-electron chi connectivity index (χ3n) is 1.30. The number of esters is 1. The van der Waals surface area contributed by atoms with Crippen LogP contribution in [0, 0.1) is 0 Å². The second kappa shape index (κ2) is 3.25. The SMILES string of the molecule is COC(=O)[C@@H]1CS[C@@H](C)O1. The molecule has 1 heterocycles. The van der Waals surface area contributed by atoms with Gasteiger partial charge in [0, 0.05) is 5.75 Å². The molecule has 1 aliphatic heterocycles. The average Bonchev–Trinajstić information content (AvgIpc) is 2.34. The average molecular weight is 162 g/mol. The Balaban J connectivity index is 2.37. The van der Waals surface area contributed by atoms with Crippen LogP contribution in [0.2, 0.25) is 0 Å². The van der Waals surface area contributed by atoms with Crippen LogP contribution in [0.4, 0.5) is 0 Å². The fourth-order valence-corrected chi connectivity index (χ4v) is 1.66. The molecule has 0 aromatic carbocycles. The topological polar surface area (TPSA) is 35.5 Å². The van der Waals surface area contributed by atoms with E-state index in [4.69, 9.17) is 4.74 Å². The summed E-state index contributed by atoms with van der Waals surface area (Å²) in [5.41, 5.74) is 0.129. The van der Waals surface area contributed by atoms with Crippen molar-refractivity contribution in [2.24, 2.45) is 0 Å². The van der Waals surface area contributed by atoms with Crippen LogP contribution in [0.5, 0.6) is 0 Å². The largest absolute Gasteiger partial charge is 0.467 e. The van der Waals surface area contributed by atoms with Gasteiger partial charge < -0.3 is 9.47 Å². The molecule has 1 rings (SSSR count). The minimum absolute atomic E-state index is 0.129. The zero-order chi connectivity index (χ0) is 7.56. The maximum atomic E-state index is 10.8. The van der Waals surface area contributed by atoms with Crippen LogP contribution < -0.4 is 0 Å². The quantitative estimate of drug-likeness (QED) is 0.530. The highest BCUT2D eigenvalue weighted by molar-refractivity contribution is 8.00. The Labute approximate surface area is 64.1 Å². The number of carbonyl (C=O) groups is 1. The van der Waals surface area contributed by atoms with Crippen molar-refractivity contribution in [1.82, 2.24) is 0 Å². The van der Waals surface area contributed by atoms with Gasteiger partial charge in [-0.05, 0) is 6.92 Å². The number of carbonyl (C=O) groups excluding carboxylic acids is 1. The lowest BCUT2D eigenvalue weighted by molar-refractivity contribution is -0.151. The van der Waals surface area contributed by atoms with Crippen LogP contribution >= 0.6 is 11.8 Å². The minimum atomic E-state index is -0.343. The molecule has 0 amide bonds. The van der Waals surface area contributed by atoms with Crippen molar-refractivity contribution in [2.75, 3.05) is 12.9 Å². The maximum absolute atomic E-state index is 10.8. The van der Waals surface area contributed by atoms with Crippen molar-refractivity contribution in [3.63, 3.8) is 0 Å². The number of hydrogen-bond acceptors (Lipinski definition) is 4. The molecule has 1 saturated heterocycles. The Hall–Kier alpha value is -0.220. The summed E-state index contributed by atoms with van der Waals surface area (Å²) >= 11 is 1.63. The normalized spacial score (nSPS) is 32.2. The third-order valence-corrected chi connectivity index (χ3v) is 2.38. The summed E-state index contributed by atoms with van der Waals surface area (Å²) in [6, 6.07) is 0. The fourth-order valence-electron chi connectivity index (χ4n) is 0.788. The van der Waals surface area contributed by atoms with Gasteiger partial charge in [0.25, 0.3) is 0 Å². The van der Waals surface area contributed by atoms with Gasteiger partial charge in [-0.3, -0.25) is 0 Å². The van der Waals surface area contributed by atoms with Gasteiger partial charge in [-0.25, -0.2) is 4.79 Å². The molecule has 1 aliphatic rings. The van der Waals surface area contributed by atoms with Gasteiger partial charge >= 0.3 is 5.97 Å². The number of thioether (sulfide) groups is 1. The molecule has 0 aromatic heterocycles. The van der Waals surface area contributed by atoms with E-state index < -0.39 is 0 Å². The van der Waals surface area contributed by atoms with E-state index in [0.29, 0.717) is 5.75 Å². The molecule has 3 nitrogen and oxygen atoms in total. The summed E-state index contributed by atoms with van der Waals surface area (Å²) < 4.78 is 9.71. The van der Waals surface area contributed by atoms with Crippen LogP contribution in [-0.4, -0.2) is 30.4 Å². The lowest BCUT2D eigenvalue weighted by atomic mass is 10.4. The fraction of sp³-hybridized carbons (Fsp3) is 0.833. The van der Waals surface area contributed by atoms with Gasteiger partial charge in [0.15, 0.2) is 6.10 Å². The van der Waals surface area contributed by atoms with E-state index in [0.717, 1.165) is 0 Å². The van der Waals surface area contributed by atoms with Crippen molar-refractivity contribution in [3.8, 4) is 0 Å². The van der Waals surface area contributed by atoms with Crippen LogP contribution in [-0.2, 0) is 14.3 Å². The van der Waals surface area contributed by atoms with E-state index in [1.54, 1.807) is 11.8 Å². The molecule has 0 saturated carbocycles. The van der Waals surface area contributed by atoms with E-state index in [1.807, 2.05) is 6.92 Å². The molecule has 0 radical (unpaired) electrons. The summed E-state index contributed by atoms with van der Waals surface area (Å²) in [7, 11) is 1.37. The van der Waals surface area contributed by atoms with Gasteiger partial charge in [0.1, 0.15) is 5.44 Å². The molecule has 2 atom stereocenters. The Morgan fingerprint density at radius 1 is 1.80 bits per heavy atom. The zero-order valence-corrected chi connectivity index (χ0v) is 6.81. The molecule has 0 N–H and O–H groups in total. The molecule has 0 unspecified atom stereocenters. The molecule has 0 aliphatic carbocycles. The van der Waals surface area contributed by atoms with Crippen molar-refractivity contribution in [1.29, 1.82) is 0 Å². The van der Waals surface area contributed by atoms with E-state index in [2.05, 4.69) is 4.74 Å². The first-order valence-corrected chi connectivity index (χ1v) is 4.14. The first-order chi connectivity index (χ1) is 4.74. The first-order valence-electron chi connectivity index (χ1n) is 3.09. The Morgan fingerprint density at radius 3 is 2.90 bits per heavy atom. The molecule has 58 valence electrons. The van der Waals surface area contributed by atoms with E-state index >= 15 is 0 Å². The Bertz CT molecular complexity index is 137. The molecule has 0 bridgehead atoms. The van der Waals surface area contributed by atoms with Crippen LogP contribution in [0.25, 0.3) is 0 Å². The number of rotatable bonds is 1. The van der Waals surface area contributed by atoms with Gasteiger partial charge in [-0.15, -0.1) is 11.8 Å². The summed E-state index contributed by atoms with van der Waals surface area (Å²) in [4.78, 5) is 10.8. The van der Waals surface area contributed by atoms with Crippen LogP contribution in [0.1, 0.15) is 6.92 Å². The van der Waals surface area contributed by atoms with E-state index in [-0.39, 0.29) is 17.5 Å². The molecular weight excluding hydrogens is 152 g/mol. The molecule has 0 aromatic rings. The lowest BCUT2D eigenvalue weighted by Gasteiger charge is -2.05. The van der Waals surface area contributed by atoms with Crippen molar-refractivity contribution < 1.29 is 14.3 Å². The van der Waals surface area contributed by atoms with Gasteiger partial charge in [-0.1, -0.05) is 0 Å². The predicted molar refractivity (Wildman–Crippen MR) is 38.8 cm³/mol. The summed E-state index contributed by atoms with van der Waals surface area (Å²) in [6.07, 6.45) is -0.343. The maximum Gasteiger partial charge on any atom is 0.335 e. The smallest absolute Gasteiger partial charge is 0.335 e. The minimum Gasteiger partial charge on any atom is -0.467 e. The highest BCUT2D eigenvalue weighted by Crippen LogP contribution is 2.24. The highest BCUT2D eigenvalue weighted by Gasteiger charge is 2.29. The second-order valence-corrected chi connectivity index (χ2v) is 3.38. The second-order valence-electron chi connectivity index (χ2n) is 2.05. The first kappa shape index (κ1) is 7.88. The van der Waals surface area contributed by atoms with Crippen molar-refractivity contribution in [3.05, 3.63) is 0 Å². The summed E-state index contributed by atoms with van der Waals surface area (Å²) in [5, 5.41) is 0. The number of ether oxygens (including phenoxy) is 2. The van der Waals surface area contributed by atoms with E-state index in [1.165, 1.54) is 7.11 Å². The standard InChI is InChI=1S/C6H10O3S/c1-4-9-5(3-10-4)6(7)8-2/h4-5H,3H2,1-2H3/t4-,5-/m0/s1. The van der Waals surface area contributed by atoms with Crippen molar-refractivity contribution >= 4 is 17.7 Å². The highest BCUT2D eigenvalue weighted by atomic mass is 32.2. The number of hydrogen-bond donors (Lipinski definition) is 0. The molecule has 0 spiro atoms. The van der Waals surface area contributed by atoms with Gasteiger partial charge in [-0.2, -0.15) is 0 Å². The molecular formula is C6H10O3S.